The first-order chi connectivity index (χ1) is 9.09. The van der Waals surface area contributed by atoms with Crippen molar-refractivity contribution in [3.05, 3.63) is 35.5 Å². The summed E-state index contributed by atoms with van der Waals surface area (Å²) in [6, 6.07) is 9.28. The van der Waals surface area contributed by atoms with Crippen LogP contribution in [0.2, 0.25) is 24.8 Å². The maximum absolute atomic E-state index is 6.48. The van der Waals surface area contributed by atoms with Crippen molar-refractivity contribution < 1.29 is 0 Å². The van der Waals surface area contributed by atoms with Gasteiger partial charge in [0.15, 0.2) is 0 Å². The Hall–Kier alpha value is 0.191. The van der Waals surface area contributed by atoms with E-state index >= 15 is 0 Å². The highest BCUT2D eigenvalue weighted by molar-refractivity contribution is 7.48. The van der Waals surface area contributed by atoms with Gasteiger partial charge in [0.2, 0.25) is 6.69 Å². The van der Waals surface area contributed by atoms with Crippen molar-refractivity contribution in [1.29, 1.82) is 0 Å². The fourth-order valence-corrected chi connectivity index (χ4v) is 15.7. The SMILES string of the molecule is CC=C(C)[SiH2]c1ccc([Si](C)(C)C(C)[Si](C)(Cl)Cl)cc1. The Morgan fingerprint density at radius 2 is 1.65 bits per heavy atom. The minimum atomic E-state index is -2.12. The lowest BCUT2D eigenvalue weighted by atomic mass is 10.4. The average molecular weight is 362 g/mol. The van der Waals surface area contributed by atoms with E-state index in [2.05, 4.69) is 64.2 Å². The van der Waals surface area contributed by atoms with E-state index < -0.39 is 14.8 Å². The molecule has 0 fully saturated rings. The molecule has 0 bridgehead atoms. The van der Waals surface area contributed by atoms with E-state index in [1.54, 1.807) is 5.20 Å². The van der Waals surface area contributed by atoms with Crippen molar-refractivity contribution >= 4 is 56.8 Å². The standard InChI is InChI=1S/C15H26Cl2Si3/c1-7-12(2)18-14-8-10-15(11-9-14)19(4,5)13(3)20(6,16)17/h7-11,13H,18H2,1-6H3. The van der Waals surface area contributed by atoms with Gasteiger partial charge in [-0.1, -0.05) is 65.9 Å². The summed E-state index contributed by atoms with van der Waals surface area (Å²) in [5, 5.41) is 4.97. The number of hydrogen-bond donors (Lipinski definition) is 0. The van der Waals surface area contributed by atoms with Crippen molar-refractivity contribution in [3.8, 4) is 0 Å². The van der Waals surface area contributed by atoms with Crippen molar-refractivity contribution in [3.63, 3.8) is 0 Å². The molecular formula is C15H26Cl2Si3. The number of hydrogen-bond acceptors (Lipinski definition) is 0. The third-order valence-corrected chi connectivity index (χ3v) is 18.8. The van der Waals surface area contributed by atoms with Gasteiger partial charge in [-0.3, -0.25) is 0 Å². The fraction of sp³-hybridized carbons (Fsp3) is 0.467. The molecule has 5 heteroatoms. The molecule has 0 aliphatic heterocycles. The summed E-state index contributed by atoms with van der Waals surface area (Å²) >= 11 is 13.0. The highest BCUT2D eigenvalue weighted by Crippen LogP contribution is 2.36. The third-order valence-electron chi connectivity index (χ3n) is 4.52. The Balaban J connectivity index is 2.98. The molecule has 0 spiro atoms. The molecule has 0 heterocycles. The number of allylic oxidation sites excluding steroid dienone is 2. The Labute approximate surface area is 137 Å². The molecule has 0 radical (unpaired) electrons. The quantitative estimate of drug-likeness (QED) is 0.553. The first-order valence-electron chi connectivity index (χ1n) is 7.18. The molecule has 0 amide bonds. The van der Waals surface area contributed by atoms with E-state index in [1.807, 2.05) is 6.55 Å². The van der Waals surface area contributed by atoms with E-state index in [-0.39, 0.29) is 9.52 Å². The molecule has 0 saturated heterocycles. The zero-order valence-electron chi connectivity index (χ0n) is 13.4. The maximum Gasteiger partial charge on any atom is 0.248 e. The fourth-order valence-electron chi connectivity index (χ4n) is 2.36. The summed E-state index contributed by atoms with van der Waals surface area (Å²) < 4.78 is 0. The van der Waals surface area contributed by atoms with Crippen LogP contribution in [0.25, 0.3) is 0 Å². The predicted octanol–water partition coefficient (Wildman–Crippen LogP) is 3.80. The first-order valence-corrected chi connectivity index (χ1v) is 16.3. The molecule has 20 heavy (non-hydrogen) atoms. The normalized spacial score (nSPS) is 15.9. The maximum atomic E-state index is 6.48. The minimum absolute atomic E-state index is 0.260. The molecular weight excluding hydrogens is 335 g/mol. The Morgan fingerprint density at radius 1 is 1.15 bits per heavy atom. The smallest absolute Gasteiger partial charge is 0.146 e. The van der Waals surface area contributed by atoms with Gasteiger partial charge in [-0.15, -0.1) is 22.2 Å². The lowest BCUT2D eigenvalue weighted by Crippen LogP contribution is -2.51. The van der Waals surface area contributed by atoms with Gasteiger partial charge in [0.25, 0.3) is 0 Å². The summed E-state index contributed by atoms with van der Waals surface area (Å²) in [7, 11) is -1.85. The van der Waals surface area contributed by atoms with Crippen LogP contribution < -0.4 is 10.4 Å². The predicted molar refractivity (Wildman–Crippen MR) is 104 cm³/mol. The molecule has 0 aliphatic carbocycles. The first kappa shape index (κ1) is 18.2. The monoisotopic (exact) mass is 360 g/mol. The van der Waals surface area contributed by atoms with Crippen LogP contribution in [0.1, 0.15) is 20.8 Å². The Bertz CT molecular complexity index is 473. The average Bonchev–Trinajstić information content (AvgIpc) is 2.37. The summed E-state index contributed by atoms with van der Waals surface area (Å²) in [5.41, 5.74) is 0. The van der Waals surface area contributed by atoms with Crippen LogP contribution in [0.4, 0.5) is 0 Å². The molecule has 112 valence electrons. The molecule has 1 rings (SSSR count). The topological polar surface area (TPSA) is 0 Å². The second-order valence-electron chi connectivity index (χ2n) is 6.41. The van der Waals surface area contributed by atoms with Gasteiger partial charge in [-0.05, 0) is 25.6 Å². The summed E-state index contributed by atoms with van der Waals surface area (Å²) in [4.78, 5) is 0. The Morgan fingerprint density at radius 3 is 2.05 bits per heavy atom. The number of benzene rings is 1. The highest BCUT2D eigenvalue weighted by atomic mass is 35.7. The lowest BCUT2D eigenvalue weighted by molar-refractivity contribution is 1.24. The van der Waals surface area contributed by atoms with Crippen LogP contribution in [-0.2, 0) is 0 Å². The highest BCUT2D eigenvalue weighted by Gasteiger charge is 2.42. The van der Waals surface area contributed by atoms with Crippen molar-refractivity contribution in [1.82, 2.24) is 0 Å². The van der Waals surface area contributed by atoms with E-state index in [1.165, 1.54) is 10.4 Å². The largest absolute Gasteiger partial charge is 0.248 e. The third kappa shape index (κ3) is 4.60. The van der Waals surface area contributed by atoms with Gasteiger partial charge < -0.3 is 0 Å². The van der Waals surface area contributed by atoms with Gasteiger partial charge in [-0.2, -0.15) is 0 Å². The molecule has 0 N–H and O–H groups in total. The van der Waals surface area contributed by atoms with Crippen LogP contribution in [0.15, 0.2) is 35.5 Å². The molecule has 1 aromatic carbocycles. The van der Waals surface area contributed by atoms with Crippen LogP contribution in [0.3, 0.4) is 0 Å². The van der Waals surface area contributed by atoms with Crippen molar-refractivity contribution in [2.45, 2.75) is 45.6 Å². The lowest BCUT2D eigenvalue weighted by Gasteiger charge is -2.35. The van der Waals surface area contributed by atoms with E-state index in [0.717, 1.165) is 0 Å². The second kappa shape index (κ2) is 6.97. The van der Waals surface area contributed by atoms with Crippen molar-refractivity contribution in [2.24, 2.45) is 0 Å². The van der Waals surface area contributed by atoms with Crippen molar-refractivity contribution in [2.75, 3.05) is 0 Å². The van der Waals surface area contributed by atoms with Crippen LogP contribution in [0.5, 0.6) is 0 Å². The second-order valence-corrected chi connectivity index (χ2v) is 22.2. The van der Waals surface area contributed by atoms with E-state index in [9.17, 15) is 0 Å². The molecule has 0 nitrogen and oxygen atoms in total. The van der Waals surface area contributed by atoms with Gasteiger partial charge >= 0.3 is 0 Å². The summed E-state index contributed by atoms with van der Waals surface area (Å²) in [6.45, 7) is 11.3. The minimum Gasteiger partial charge on any atom is -0.146 e. The molecule has 0 saturated carbocycles. The number of halogens is 2. The molecule has 0 aromatic heterocycles. The van der Waals surface area contributed by atoms with Gasteiger partial charge in [-0.25, -0.2) is 0 Å². The van der Waals surface area contributed by atoms with Gasteiger partial charge in [0.05, 0.1) is 17.6 Å². The zero-order chi connectivity index (χ0) is 15.6. The summed E-state index contributed by atoms with van der Waals surface area (Å²) in [5.74, 6) is 0. The van der Waals surface area contributed by atoms with E-state index in [0.29, 0.717) is 5.16 Å². The van der Waals surface area contributed by atoms with Crippen LogP contribution in [0, 0.1) is 0 Å². The zero-order valence-corrected chi connectivity index (χ0v) is 18.4. The molecule has 1 unspecified atom stereocenters. The van der Waals surface area contributed by atoms with Crippen LogP contribution >= 0.6 is 22.2 Å². The molecule has 1 aromatic rings. The molecule has 1 atom stereocenters. The van der Waals surface area contributed by atoms with Crippen LogP contribution in [-0.4, -0.2) is 24.3 Å². The number of rotatable bonds is 5. The molecule has 0 aliphatic rings. The Kier molecular flexibility index (Phi) is 6.35. The summed E-state index contributed by atoms with van der Waals surface area (Å²) in [6.07, 6.45) is 2.24. The van der Waals surface area contributed by atoms with Gasteiger partial charge in [0, 0.05) is 0 Å². The van der Waals surface area contributed by atoms with Gasteiger partial charge in [0.1, 0.15) is 0 Å². The van der Waals surface area contributed by atoms with E-state index in [4.69, 9.17) is 22.2 Å².